The van der Waals surface area contributed by atoms with Crippen LogP contribution in [0.1, 0.15) is 28.9 Å². The number of carbonyl (C=O) groups is 1. The Morgan fingerprint density at radius 2 is 2.00 bits per heavy atom. The molecule has 0 saturated carbocycles. The molecule has 23 heavy (non-hydrogen) atoms. The molecule has 0 spiro atoms. The third-order valence-electron chi connectivity index (χ3n) is 3.21. The van der Waals surface area contributed by atoms with Gasteiger partial charge in [-0.05, 0) is 36.8 Å². The van der Waals surface area contributed by atoms with Crippen LogP contribution in [0.15, 0.2) is 42.5 Å². The van der Waals surface area contributed by atoms with Crippen molar-refractivity contribution in [2.45, 2.75) is 13.0 Å². The van der Waals surface area contributed by atoms with Crippen LogP contribution in [-0.4, -0.2) is 24.2 Å². The minimum absolute atomic E-state index is 0.0114. The molecule has 0 bridgehead atoms. The first-order valence-electron chi connectivity index (χ1n) is 7.16. The highest BCUT2D eigenvalue weighted by molar-refractivity contribution is 6.30. The summed E-state index contributed by atoms with van der Waals surface area (Å²) >= 11 is 5.79. The van der Waals surface area contributed by atoms with Crippen LogP contribution in [0.3, 0.4) is 0 Å². The molecule has 2 N–H and O–H groups in total. The van der Waals surface area contributed by atoms with Gasteiger partial charge in [0.05, 0.1) is 18.3 Å². The van der Waals surface area contributed by atoms with Gasteiger partial charge in [0.25, 0.3) is 5.91 Å². The van der Waals surface area contributed by atoms with E-state index in [2.05, 4.69) is 5.32 Å². The second-order valence-corrected chi connectivity index (χ2v) is 5.26. The van der Waals surface area contributed by atoms with Crippen molar-refractivity contribution in [2.75, 3.05) is 13.2 Å². The minimum Gasteiger partial charge on any atom is -0.490 e. The van der Waals surface area contributed by atoms with Gasteiger partial charge in [-0.2, -0.15) is 0 Å². The number of nitrogens with one attached hydrogen (secondary N) is 1. The second-order valence-electron chi connectivity index (χ2n) is 4.83. The number of hydrogen-bond donors (Lipinski definition) is 2. The van der Waals surface area contributed by atoms with Gasteiger partial charge in [-0.25, -0.2) is 4.39 Å². The fourth-order valence-corrected chi connectivity index (χ4v) is 2.19. The van der Waals surface area contributed by atoms with Crippen molar-refractivity contribution in [2.24, 2.45) is 0 Å². The van der Waals surface area contributed by atoms with Crippen molar-refractivity contribution in [1.29, 1.82) is 0 Å². The predicted octanol–water partition coefficient (Wildman–Crippen LogP) is 3.34. The first-order chi connectivity index (χ1) is 11.0. The van der Waals surface area contributed by atoms with Crippen molar-refractivity contribution >= 4 is 17.5 Å². The highest BCUT2D eigenvalue weighted by atomic mass is 35.5. The molecule has 4 nitrogen and oxygen atoms in total. The van der Waals surface area contributed by atoms with Crippen molar-refractivity contribution in [3.63, 3.8) is 0 Å². The van der Waals surface area contributed by atoms with Crippen LogP contribution in [0.2, 0.25) is 5.02 Å². The molecular formula is C17H17ClFNO3. The molecule has 0 saturated heterocycles. The minimum atomic E-state index is -0.889. The molecule has 0 heterocycles. The van der Waals surface area contributed by atoms with Crippen molar-refractivity contribution < 1.29 is 19.0 Å². The Balaban J connectivity index is 2.05. The summed E-state index contributed by atoms with van der Waals surface area (Å²) in [5.74, 6) is -1.20. The highest BCUT2D eigenvalue weighted by Crippen LogP contribution is 2.23. The molecule has 0 radical (unpaired) electrons. The zero-order chi connectivity index (χ0) is 16.8. The molecule has 1 atom stereocenters. The van der Waals surface area contributed by atoms with E-state index in [4.69, 9.17) is 16.3 Å². The predicted molar refractivity (Wildman–Crippen MR) is 86.3 cm³/mol. The molecule has 2 aromatic carbocycles. The van der Waals surface area contributed by atoms with Gasteiger partial charge in [-0.1, -0.05) is 29.8 Å². The maximum Gasteiger partial charge on any atom is 0.255 e. The van der Waals surface area contributed by atoms with Crippen LogP contribution in [0.5, 0.6) is 5.75 Å². The Bertz CT molecular complexity index is 676. The Morgan fingerprint density at radius 1 is 1.30 bits per heavy atom. The summed E-state index contributed by atoms with van der Waals surface area (Å²) in [6.45, 7) is 1.94. The van der Waals surface area contributed by atoms with E-state index in [0.717, 1.165) is 0 Å². The van der Waals surface area contributed by atoms with Gasteiger partial charge >= 0.3 is 0 Å². The number of halogens is 2. The summed E-state index contributed by atoms with van der Waals surface area (Å²) in [5, 5.41) is 13.2. The molecule has 1 unspecified atom stereocenters. The first-order valence-corrected chi connectivity index (χ1v) is 7.53. The average molecular weight is 338 g/mol. The Kier molecular flexibility index (Phi) is 5.96. The number of aliphatic hydroxyl groups is 1. The Labute approximate surface area is 138 Å². The fraction of sp³-hybridized carbons (Fsp3) is 0.235. The second kappa shape index (κ2) is 7.94. The summed E-state index contributed by atoms with van der Waals surface area (Å²) in [5.41, 5.74) is 0.717. The van der Waals surface area contributed by atoms with E-state index in [0.29, 0.717) is 10.6 Å². The van der Waals surface area contributed by atoms with E-state index in [1.807, 2.05) is 0 Å². The highest BCUT2D eigenvalue weighted by Gasteiger charge is 2.17. The number of carbonyl (C=O) groups excluding carboxylic acids is 1. The fourth-order valence-electron chi connectivity index (χ4n) is 2.07. The smallest absolute Gasteiger partial charge is 0.255 e. The van der Waals surface area contributed by atoms with Crippen LogP contribution in [0.25, 0.3) is 0 Å². The molecule has 0 aromatic heterocycles. The standard InChI is InChI=1S/C17H17ClFNO3/c1-2-23-16-13(4-3-5-14(16)19)17(22)20-10-15(21)11-6-8-12(18)9-7-11/h3-9,15,21H,2,10H2,1H3,(H,20,22). The molecule has 122 valence electrons. The van der Waals surface area contributed by atoms with Crippen LogP contribution >= 0.6 is 11.6 Å². The summed E-state index contributed by atoms with van der Waals surface area (Å²) in [6.07, 6.45) is -0.889. The number of amides is 1. The van der Waals surface area contributed by atoms with E-state index in [1.54, 1.807) is 31.2 Å². The van der Waals surface area contributed by atoms with E-state index in [1.165, 1.54) is 18.2 Å². The molecule has 1 amide bonds. The first kappa shape index (κ1) is 17.2. The number of hydrogen-bond acceptors (Lipinski definition) is 3. The van der Waals surface area contributed by atoms with Crippen molar-refractivity contribution in [3.05, 3.63) is 64.4 Å². The van der Waals surface area contributed by atoms with Gasteiger partial charge in [0.1, 0.15) is 0 Å². The molecule has 2 rings (SSSR count). The van der Waals surface area contributed by atoms with Gasteiger partial charge in [0.2, 0.25) is 0 Å². The summed E-state index contributed by atoms with van der Waals surface area (Å²) in [4.78, 5) is 12.2. The normalized spacial score (nSPS) is 11.8. The zero-order valence-electron chi connectivity index (χ0n) is 12.6. The van der Waals surface area contributed by atoms with E-state index in [-0.39, 0.29) is 24.5 Å². The van der Waals surface area contributed by atoms with Crippen LogP contribution in [0.4, 0.5) is 4.39 Å². The lowest BCUT2D eigenvalue weighted by Gasteiger charge is -2.14. The molecular weight excluding hydrogens is 321 g/mol. The van der Waals surface area contributed by atoms with Gasteiger partial charge in [-0.3, -0.25) is 4.79 Å². The topological polar surface area (TPSA) is 58.6 Å². The molecule has 0 aliphatic carbocycles. The number of para-hydroxylation sites is 1. The number of ether oxygens (including phenoxy) is 1. The maximum absolute atomic E-state index is 13.7. The number of benzene rings is 2. The molecule has 0 aliphatic heterocycles. The van der Waals surface area contributed by atoms with Gasteiger partial charge in [0.15, 0.2) is 11.6 Å². The van der Waals surface area contributed by atoms with E-state index in [9.17, 15) is 14.3 Å². The third-order valence-corrected chi connectivity index (χ3v) is 3.46. The van der Waals surface area contributed by atoms with Gasteiger partial charge < -0.3 is 15.2 Å². The Morgan fingerprint density at radius 3 is 2.65 bits per heavy atom. The summed E-state index contributed by atoms with van der Waals surface area (Å²) < 4.78 is 18.9. The SMILES string of the molecule is CCOc1c(F)cccc1C(=O)NCC(O)c1ccc(Cl)cc1. The van der Waals surface area contributed by atoms with E-state index < -0.39 is 17.8 Å². The van der Waals surface area contributed by atoms with Crippen LogP contribution < -0.4 is 10.1 Å². The molecule has 2 aromatic rings. The quantitative estimate of drug-likeness (QED) is 0.850. The number of aliphatic hydroxyl groups excluding tert-OH is 1. The van der Waals surface area contributed by atoms with Crippen LogP contribution in [-0.2, 0) is 0 Å². The van der Waals surface area contributed by atoms with Crippen molar-refractivity contribution in [1.82, 2.24) is 5.32 Å². The average Bonchev–Trinajstić information content (AvgIpc) is 2.55. The summed E-state index contributed by atoms with van der Waals surface area (Å²) in [7, 11) is 0. The summed E-state index contributed by atoms with van der Waals surface area (Å²) in [6, 6.07) is 10.8. The lowest BCUT2D eigenvalue weighted by molar-refractivity contribution is 0.0911. The number of rotatable bonds is 6. The lowest BCUT2D eigenvalue weighted by Crippen LogP contribution is -2.29. The van der Waals surface area contributed by atoms with E-state index >= 15 is 0 Å². The Hall–Kier alpha value is -2.11. The monoisotopic (exact) mass is 337 g/mol. The van der Waals surface area contributed by atoms with Crippen LogP contribution in [0, 0.1) is 5.82 Å². The van der Waals surface area contributed by atoms with Crippen molar-refractivity contribution in [3.8, 4) is 5.75 Å². The maximum atomic E-state index is 13.7. The zero-order valence-corrected chi connectivity index (χ0v) is 13.3. The van der Waals surface area contributed by atoms with Gasteiger partial charge in [-0.15, -0.1) is 0 Å². The molecule has 6 heteroatoms. The third kappa shape index (κ3) is 4.43. The molecule has 0 fully saturated rings. The molecule has 0 aliphatic rings. The lowest BCUT2D eigenvalue weighted by atomic mass is 10.1. The van der Waals surface area contributed by atoms with Gasteiger partial charge in [0, 0.05) is 11.6 Å². The largest absolute Gasteiger partial charge is 0.490 e.